The van der Waals surface area contributed by atoms with Gasteiger partial charge in [-0.2, -0.15) is 0 Å². The van der Waals surface area contributed by atoms with Gasteiger partial charge in [0, 0.05) is 13.0 Å². The molecule has 0 spiro atoms. The number of benzene rings is 2. The molecule has 0 radical (unpaired) electrons. The average Bonchev–Trinajstić information content (AvgIpc) is 3.40. The number of hydrogen-bond donors (Lipinski definition) is 1. The van der Waals surface area contributed by atoms with Crippen LogP contribution in [0.15, 0.2) is 48.5 Å². The van der Waals surface area contributed by atoms with Crippen molar-refractivity contribution in [2.75, 3.05) is 26.4 Å². The summed E-state index contributed by atoms with van der Waals surface area (Å²) in [6.45, 7) is 7.24. The summed E-state index contributed by atoms with van der Waals surface area (Å²) in [6.07, 6.45) is 2.87. The number of carbonyl (C=O) groups excluding carboxylic acids is 1. The zero-order valence-corrected chi connectivity index (χ0v) is 17.3. The van der Waals surface area contributed by atoms with Crippen LogP contribution < -0.4 is 14.8 Å². The molecule has 4 rings (SSSR count). The predicted octanol–water partition coefficient (Wildman–Crippen LogP) is 4.04. The molecule has 1 fully saturated rings. The van der Waals surface area contributed by atoms with E-state index < -0.39 is 0 Å². The first kappa shape index (κ1) is 19.8. The molecular formula is C24H30N2O3. The Morgan fingerprint density at radius 2 is 1.79 bits per heavy atom. The van der Waals surface area contributed by atoms with Crippen LogP contribution >= 0.6 is 0 Å². The Kier molecular flexibility index (Phi) is 5.76. The zero-order chi connectivity index (χ0) is 20.3. The minimum absolute atomic E-state index is 0.0868. The van der Waals surface area contributed by atoms with Gasteiger partial charge in [0.2, 0.25) is 12.7 Å². The van der Waals surface area contributed by atoms with Gasteiger partial charge < -0.3 is 14.8 Å². The van der Waals surface area contributed by atoms with Crippen molar-refractivity contribution in [2.24, 2.45) is 0 Å². The van der Waals surface area contributed by atoms with Crippen LogP contribution in [-0.2, 0) is 10.2 Å². The lowest BCUT2D eigenvalue weighted by Gasteiger charge is -2.29. The monoisotopic (exact) mass is 394 g/mol. The van der Waals surface area contributed by atoms with E-state index in [1.54, 1.807) is 0 Å². The van der Waals surface area contributed by atoms with Gasteiger partial charge in [0.25, 0.3) is 0 Å². The highest BCUT2D eigenvalue weighted by Crippen LogP contribution is 2.36. The third kappa shape index (κ3) is 4.56. The number of ether oxygens (including phenoxy) is 2. The maximum absolute atomic E-state index is 12.8. The highest BCUT2D eigenvalue weighted by molar-refractivity contribution is 5.77. The quantitative estimate of drug-likeness (QED) is 0.770. The van der Waals surface area contributed by atoms with Crippen molar-refractivity contribution in [3.63, 3.8) is 0 Å². The van der Waals surface area contributed by atoms with E-state index in [0.717, 1.165) is 24.6 Å². The fourth-order valence-electron chi connectivity index (χ4n) is 4.30. The van der Waals surface area contributed by atoms with Crippen LogP contribution in [0.25, 0.3) is 0 Å². The highest BCUT2D eigenvalue weighted by atomic mass is 16.7. The molecule has 1 amide bonds. The molecule has 154 valence electrons. The van der Waals surface area contributed by atoms with E-state index >= 15 is 0 Å². The van der Waals surface area contributed by atoms with Crippen molar-refractivity contribution in [3.8, 4) is 11.5 Å². The van der Waals surface area contributed by atoms with Crippen molar-refractivity contribution in [3.05, 3.63) is 59.7 Å². The summed E-state index contributed by atoms with van der Waals surface area (Å²) in [5.74, 6) is 1.68. The molecule has 5 nitrogen and oxygen atoms in total. The molecular weight excluding hydrogens is 364 g/mol. The first-order chi connectivity index (χ1) is 14.0. The fourth-order valence-corrected chi connectivity index (χ4v) is 4.30. The molecule has 0 bridgehead atoms. The molecule has 2 aromatic rings. The van der Waals surface area contributed by atoms with E-state index in [0.29, 0.717) is 13.0 Å². The second-order valence-corrected chi connectivity index (χ2v) is 8.60. The van der Waals surface area contributed by atoms with E-state index in [2.05, 4.69) is 48.3 Å². The Hall–Kier alpha value is -2.53. The van der Waals surface area contributed by atoms with Gasteiger partial charge in [-0.05, 0) is 54.6 Å². The Morgan fingerprint density at radius 3 is 2.55 bits per heavy atom. The van der Waals surface area contributed by atoms with Crippen molar-refractivity contribution < 1.29 is 14.3 Å². The molecule has 5 heteroatoms. The maximum atomic E-state index is 12.8. The lowest BCUT2D eigenvalue weighted by Crippen LogP contribution is -2.38. The van der Waals surface area contributed by atoms with Crippen LogP contribution in [0.4, 0.5) is 0 Å². The minimum atomic E-state index is -0.201. The SMILES string of the molecule is CC(C)(CC(=O)NCC(c1ccc2c(c1)OCO2)N1CCCC1)c1ccccc1. The molecule has 1 unspecified atom stereocenters. The summed E-state index contributed by atoms with van der Waals surface area (Å²) >= 11 is 0. The van der Waals surface area contributed by atoms with Crippen LogP contribution in [0.2, 0.25) is 0 Å². The van der Waals surface area contributed by atoms with Gasteiger partial charge in [-0.25, -0.2) is 0 Å². The second kappa shape index (κ2) is 8.46. The van der Waals surface area contributed by atoms with E-state index in [-0.39, 0.29) is 24.2 Å². The molecule has 29 heavy (non-hydrogen) atoms. The standard InChI is InChI=1S/C24H30N2O3/c1-24(2,19-8-4-3-5-9-19)15-23(27)25-16-20(26-12-6-7-13-26)18-10-11-21-22(14-18)29-17-28-21/h3-5,8-11,14,20H,6-7,12-13,15-17H2,1-2H3,(H,25,27). The van der Waals surface area contributed by atoms with Gasteiger partial charge in [0.15, 0.2) is 11.5 Å². The van der Waals surface area contributed by atoms with E-state index in [1.165, 1.54) is 24.0 Å². The van der Waals surface area contributed by atoms with Crippen LogP contribution in [0.5, 0.6) is 11.5 Å². The van der Waals surface area contributed by atoms with Crippen LogP contribution in [0, 0.1) is 0 Å². The predicted molar refractivity (Wildman–Crippen MR) is 113 cm³/mol. The molecule has 0 aliphatic carbocycles. The van der Waals surface area contributed by atoms with Crippen molar-refractivity contribution in [1.29, 1.82) is 0 Å². The number of amides is 1. The number of rotatable bonds is 7. The van der Waals surface area contributed by atoms with Gasteiger partial charge >= 0.3 is 0 Å². The molecule has 2 aliphatic heterocycles. The molecule has 1 N–H and O–H groups in total. The second-order valence-electron chi connectivity index (χ2n) is 8.60. The van der Waals surface area contributed by atoms with Crippen molar-refractivity contribution in [2.45, 2.75) is 44.6 Å². The Morgan fingerprint density at radius 1 is 1.07 bits per heavy atom. The zero-order valence-electron chi connectivity index (χ0n) is 17.3. The number of likely N-dealkylation sites (tertiary alicyclic amines) is 1. The molecule has 1 atom stereocenters. The number of fused-ring (bicyclic) bond motifs is 1. The first-order valence-electron chi connectivity index (χ1n) is 10.5. The Labute approximate surface area is 173 Å². The summed E-state index contributed by atoms with van der Waals surface area (Å²) in [5, 5.41) is 3.20. The molecule has 2 aliphatic rings. The Bertz CT molecular complexity index is 844. The number of nitrogens with one attached hydrogen (secondary N) is 1. The van der Waals surface area contributed by atoms with Crippen LogP contribution in [0.1, 0.15) is 50.3 Å². The fraction of sp³-hybridized carbons (Fsp3) is 0.458. The average molecular weight is 395 g/mol. The number of hydrogen-bond acceptors (Lipinski definition) is 4. The first-order valence-corrected chi connectivity index (χ1v) is 10.5. The van der Waals surface area contributed by atoms with Gasteiger partial charge in [-0.1, -0.05) is 50.2 Å². The maximum Gasteiger partial charge on any atom is 0.231 e. The molecule has 2 aromatic carbocycles. The van der Waals surface area contributed by atoms with Crippen LogP contribution in [-0.4, -0.2) is 37.2 Å². The van der Waals surface area contributed by atoms with Gasteiger partial charge in [-0.3, -0.25) is 9.69 Å². The lowest BCUT2D eigenvalue weighted by atomic mass is 9.81. The van der Waals surface area contributed by atoms with Gasteiger partial charge in [0.1, 0.15) is 0 Å². The number of carbonyl (C=O) groups is 1. The lowest BCUT2D eigenvalue weighted by molar-refractivity contribution is -0.122. The van der Waals surface area contributed by atoms with E-state index in [1.807, 2.05) is 24.3 Å². The van der Waals surface area contributed by atoms with Crippen LogP contribution in [0.3, 0.4) is 0 Å². The summed E-state index contributed by atoms with van der Waals surface area (Å²) in [7, 11) is 0. The summed E-state index contributed by atoms with van der Waals surface area (Å²) < 4.78 is 11.0. The third-order valence-corrected chi connectivity index (χ3v) is 6.01. The van der Waals surface area contributed by atoms with Gasteiger partial charge in [-0.15, -0.1) is 0 Å². The third-order valence-electron chi connectivity index (χ3n) is 6.01. The topological polar surface area (TPSA) is 50.8 Å². The molecule has 1 saturated heterocycles. The minimum Gasteiger partial charge on any atom is -0.454 e. The largest absolute Gasteiger partial charge is 0.454 e. The normalized spacial score (nSPS) is 17.3. The highest BCUT2D eigenvalue weighted by Gasteiger charge is 2.28. The molecule has 2 heterocycles. The van der Waals surface area contributed by atoms with Crippen molar-refractivity contribution in [1.82, 2.24) is 10.2 Å². The summed E-state index contributed by atoms with van der Waals surface area (Å²) in [6, 6.07) is 16.5. The van der Waals surface area contributed by atoms with E-state index in [9.17, 15) is 4.79 Å². The molecule has 0 saturated carbocycles. The van der Waals surface area contributed by atoms with E-state index in [4.69, 9.17) is 9.47 Å². The van der Waals surface area contributed by atoms with Gasteiger partial charge in [0.05, 0.1) is 6.04 Å². The smallest absolute Gasteiger partial charge is 0.231 e. The van der Waals surface area contributed by atoms with Crippen molar-refractivity contribution >= 4 is 5.91 Å². The summed E-state index contributed by atoms with van der Waals surface area (Å²) in [4.78, 5) is 15.3. The number of nitrogens with zero attached hydrogens (tertiary/aromatic N) is 1. The molecule has 0 aromatic heterocycles. The Balaban J connectivity index is 1.43. The summed E-state index contributed by atoms with van der Waals surface area (Å²) in [5.41, 5.74) is 2.15.